The summed E-state index contributed by atoms with van der Waals surface area (Å²) in [5, 5.41) is 1.04. The lowest BCUT2D eigenvalue weighted by molar-refractivity contribution is 0.602. The second kappa shape index (κ2) is 2.89. The number of hydrogen-bond acceptors (Lipinski definition) is 2. The standard InChI is InChI=1S/C10H7ClO2/c1-6-2-3-7(11)10-9(6)8(12)4-5-13-10/h2-5H,1H3. The maximum absolute atomic E-state index is 11.4. The molecule has 0 saturated heterocycles. The molecular weight excluding hydrogens is 188 g/mol. The summed E-state index contributed by atoms with van der Waals surface area (Å²) < 4.78 is 5.17. The topological polar surface area (TPSA) is 30.2 Å². The second-order valence-electron chi connectivity index (χ2n) is 2.85. The zero-order valence-electron chi connectivity index (χ0n) is 7.00. The molecule has 66 valence electrons. The van der Waals surface area contributed by atoms with Crippen LogP contribution in [0.2, 0.25) is 5.02 Å². The van der Waals surface area contributed by atoms with Crippen molar-refractivity contribution >= 4 is 22.6 Å². The monoisotopic (exact) mass is 194 g/mol. The summed E-state index contributed by atoms with van der Waals surface area (Å²) in [7, 11) is 0. The van der Waals surface area contributed by atoms with Crippen molar-refractivity contribution in [3.8, 4) is 0 Å². The van der Waals surface area contributed by atoms with E-state index >= 15 is 0 Å². The lowest BCUT2D eigenvalue weighted by Gasteiger charge is -2.00. The van der Waals surface area contributed by atoms with Gasteiger partial charge in [0, 0.05) is 6.07 Å². The molecule has 3 heteroatoms. The Morgan fingerprint density at radius 1 is 1.31 bits per heavy atom. The van der Waals surface area contributed by atoms with Crippen LogP contribution in [0, 0.1) is 6.92 Å². The lowest BCUT2D eigenvalue weighted by Crippen LogP contribution is -2.00. The van der Waals surface area contributed by atoms with E-state index in [0.29, 0.717) is 16.0 Å². The van der Waals surface area contributed by atoms with E-state index in [1.54, 1.807) is 6.07 Å². The Kier molecular flexibility index (Phi) is 1.85. The smallest absolute Gasteiger partial charge is 0.192 e. The molecule has 2 rings (SSSR count). The van der Waals surface area contributed by atoms with Gasteiger partial charge in [-0.25, -0.2) is 0 Å². The molecule has 0 saturated carbocycles. The van der Waals surface area contributed by atoms with Gasteiger partial charge >= 0.3 is 0 Å². The Morgan fingerprint density at radius 3 is 2.77 bits per heavy atom. The van der Waals surface area contributed by atoms with Crippen LogP contribution in [-0.4, -0.2) is 0 Å². The van der Waals surface area contributed by atoms with Gasteiger partial charge in [0.15, 0.2) is 11.0 Å². The molecule has 0 N–H and O–H groups in total. The molecule has 0 aliphatic carbocycles. The summed E-state index contributed by atoms with van der Waals surface area (Å²) in [5.74, 6) is 0. The van der Waals surface area contributed by atoms with Gasteiger partial charge in [0.05, 0.1) is 16.7 Å². The Hall–Kier alpha value is -1.28. The Morgan fingerprint density at radius 2 is 2.08 bits per heavy atom. The van der Waals surface area contributed by atoms with Gasteiger partial charge in [-0.3, -0.25) is 4.79 Å². The van der Waals surface area contributed by atoms with Gasteiger partial charge in [0.25, 0.3) is 0 Å². The first-order chi connectivity index (χ1) is 6.20. The van der Waals surface area contributed by atoms with Crippen LogP contribution in [0.4, 0.5) is 0 Å². The fraction of sp³-hybridized carbons (Fsp3) is 0.100. The fourth-order valence-electron chi connectivity index (χ4n) is 1.32. The molecule has 13 heavy (non-hydrogen) atoms. The molecule has 2 nitrogen and oxygen atoms in total. The number of rotatable bonds is 0. The average molecular weight is 195 g/mol. The quantitative estimate of drug-likeness (QED) is 0.646. The Balaban J connectivity index is 3.09. The van der Waals surface area contributed by atoms with Crippen LogP contribution >= 0.6 is 11.6 Å². The van der Waals surface area contributed by atoms with E-state index in [1.807, 2.05) is 13.0 Å². The lowest BCUT2D eigenvalue weighted by atomic mass is 10.1. The number of fused-ring (bicyclic) bond motifs is 1. The van der Waals surface area contributed by atoms with E-state index in [9.17, 15) is 4.79 Å². The van der Waals surface area contributed by atoms with E-state index in [-0.39, 0.29) is 5.43 Å². The molecule has 0 unspecified atom stereocenters. The normalized spacial score (nSPS) is 10.6. The summed E-state index contributed by atoms with van der Waals surface area (Å²) in [4.78, 5) is 11.4. The molecule has 0 aliphatic rings. The van der Waals surface area contributed by atoms with Crippen LogP contribution in [-0.2, 0) is 0 Å². The number of benzene rings is 1. The first-order valence-corrected chi connectivity index (χ1v) is 4.24. The zero-order chi connectivity index (χ0) is 9.42. The maximum atomic E-state index is 11.4. The third-order valence-corrected chi connectivity index (χ3v) is 2.27. The van der Waals surface area contributed by atoms with Crippen molar-refractivity contribution in [3.05, 3.63) is 45.3 Å². The maximum Gasteiger partial charge on any atom is 0.192 e. The number of aryl methyl sites for hydroxylation is 1. The first kappa shape index (κ1) is 8.32. The van der Waals surface area contributed by atoms with Crippen molar-refractivity contribution in [2.24, 2.45) is 0 Å². The predicted molar refractivity (Wildman–Crippen MR) is 52.2 cm³/mol. The number of halogens is 1. The minimum absolute atomic E-state index is 0.0544. The van der Waals surface area contributed by atoms with E-state index in [0.717, 1.165) is 5.56 Å². The average Bonchev–Trinajstić information content (AvgIpc) is 2.12. The van der Waals surface area contributed by atoms with Gasteiger partial charge in [-0.15, -0.1) is 0 Å². The van der Waals surface area contributed by atoms with Gasteiger partial charge in [-0.2, -0.15) is 0 Å². The zero-order valence-corrected chi connectivity index (χ0v) is 7.76. The molecule has 0 radical (unpaired) electrons. The van der Waals surface area contributed by atoms with Crippen molar-refractivity contribution in [1.29, 1.82) is 0 Å². The summed E-state index contributed by atoms with van der Waals surface area (Å²) in [5.41, 5.74) is 1.30. The molecule has 1 aromatic carbocycles. The van der Waals surface area contributed by atoms with Crippen molar-refractivity contribution < 1.29 is 4.42 Å². The molecule has 0 atom stereocenters. The third-order valence-electron chi connectivity index (χ3n) is 1.97. The molecule has 0 aliphatic heterocycles. The Bertz CT molecular complexity index is 514. The van der Waals surface area contributed by atoms with E-state index < -0.39 is 0 Å². The number of hydrogen-bond donors (Lipinski definition) is 0. The third kappa shape index (κ3) is 1.23. The highest BCUT2D eigenvalue weighted by Gasteiger charge is 2.06. The van der Waals surface area contributed by atoms with Crippen molar-refractivity contribution in [3.63, 3.8) is 0 Å². The molecule has 2 aromatic rings. The highest BCUT2D eigenvalue weighted by molar-refractivity contribution is 6.34. The van der Waals surface area contributed by atoms with Crippen molar-refractivity contribution in [2.75, 3.05) is 0 Å². The first-order valence-electron chi connectivity index (χ1n) is 3.87. The van der Waals surface area contributed by atoms with Crippen molar-refractivity contribution in [2.45, 2.75) is 6.92 Å². The van der Waals surface area contributed by atoms with Gasteiger partial charge in [0.1, 0.15) is 0 Å². The fourth-order valence-corrected chi connectivity index (χ4v) is 1.53. The summed E-state index contributed by atoms with van der Waals surface area (Å²) in [6.45, 7) is 1.86. The SMILES string of the molecule is Cc1ccc(Cl)c2occc(=O)c12. The minimum Gasteiger partial charge on any atom is -0.462 e. The predicted octanol–water partition coefficient (Wildman–Crippen LogP) is 2.75. The van der Waals surface area contributed by atoms with Crippen LogP contribution in [0.15, 0.2) is 33.7 Å². The van der Waals surface area contributed by atoms with E-state index in [2.05, 4.69) is 0 Å². The second-order valence-corrected chi connectivity index (χ2v) is 3.26. The van der Waals surface area contributed by atoms with Crippen LogP contribution in [0.5, 0.6) is 0 Å². The summed E-state index contributed by atoms with van der Waals surface area (Å²) in [6.07, 6.45) is 1.36. The van der Waals surface area contributed by atoms with Crippen LogP contribution in [0.1, 0.15) is 5.56 Å². The minimum atomic E-state index is -0.0544. The molecule has 0 spiro atoms. The molecule has 0 bridgehead atoms. The van der Waals surface area contributed by atoms with Crippen molar-refractivity contribution in [1.82, 2.24) is 0 Å². The van der Waals surface area contributed by atoms with Crippen LogP contribution in [0.3, 0.4) is 0 Å². The molecule has 0 amide bonds. The van der Waals surface area contributed by atoms with E-state index in [1.165, 1.54) is 12.3 Å². The summed E-state index contributed by atoms with van der Waals surface area (Å²) in [6, 6.07) is 4.93. The van der Waals surface area contributed by atoms with Crippen LogP contribution < -0.4 is 5.43 Å². The highest BCUT2D eigenvalue weighted by atomic mass is 35.5. The molecular formula is C10H7ClO2. The molecule has 1 aromatic heterocycles. The molecule has 0 fully saturated rings. The highest BCUT2D eigenvalue weighted by Crippen LogP contribution is 2.23. The largest absolute Gasteiger partial charge is 0.462 e. The van der Waals surface area contributed by atoms with Gasteiger partial charge < -0.3 is 4.42 Å². The van der Waals surface area contributed by atoms with Crippen LogP contribution in [0.25, 0.3) is 11.0 Å². The van der Waals surface area contributed by atoms with E-state index in [4.69, 9.17) is 16.0 Å². The Labute approximate surface area is 79.7 Å². The van der Waals surface area contributed by atoms with Gasteiger partial charge in [0.2, 0.25) is 0 Å². The summed E-state index contributed by atoms with van der Waals surface area (Å²) >= 11 is 5.87. The van der Waals surface area contributed by atoms with Gasteiger partial charge in [-0.05, 0) is 18.6 Å². The van der Waals surface area contributed by atoms with Gasteiger partial charge in [-0.1, -0.05) is 17.7 Å². The molecule has 1 heterocycles.